The van der Waals surface area contributed by atoms with Crippen LogP contribution in [0.1, 0.15) is 53.1 Å². The Kier molecular flexibility index (Phi) is 4.34. The summed E-state index contributed by atoms with van der Waals surface area (Å²) in [6, 6.07) is 8.63. The van der Waals surface area contributed by atoms with E-state index in [1.54, 1.807) is 22.7 Å². The number of aromatic amines is 1. The van der Waals surface area contributed by atoms with Crippen molar-refractivity contribution in [3.05, 3.63) is 55.9 Å². The lowest BCUT2D eigenvalue weighted by molar-refractivity contribution is 0.187. The highest BCUT2D eigenvalue weighted by atomic mass is 32.1. The number of para-hydroxylation sites is 1. The molecule has 1 fully saturated rings. The summed E-state index contributed by atoms with van der Waals surface area (Å²) in [7, 11) is 0. The summed E-state index contributed by atoms with van der Waals surface area (Å²) in [6.07, 6.45) is 2.22. The van der Waals surface area contributed by atoms with Gasteiger partial charge in [0.15, 0.2) is 0 Å². The minimum atomic E-state index is -0.0237. The molecule has 4 heterocycles. The highest BCUT2D eigenvalue weighted by Gasteiger charge is 2.33. The van der Waals surface area contributed by atoms with Crippen LogP contribution in [0.2, 0.25) is 0 Å². The highest BCUT2D eigenvalue weighted by Crippen LogP contribution is 2.40. The number of aryl methyl sites for hydroxylation is 2. The van der Waals surface area contributed by atoms with Crippen LogP contribution < -0.4 is 5.56 Å². The standard InChI is InChI=1S/C21H22N4OS2/c1-11-13(3)27-21-17(11)19(26)23-18(24-21)12(2)25-10-6-8-15(25)20-22-14-7-4-5-9-16(14)28-20/h4-5,7,9,12,15H,6,8,10H2,1-3H3,(H,23,24,26). The summed E-state index contributed by atoms with van der Waals surface area (Å²) in [5.74, 6) is 0.756. The number of hydrogen-bond acceptors (Lipinski definition) is 6. The molecule has 0 amide bonds. The Hall–Kier alpha value is -2.09. The Morgan fingerprint density at radius 2 is 2.04 bits per heavy atom. The zero-order chi connectivity index (χ0) is 19.4. The number of thiophene rings is 1. The number of likely N-dealkylation sites (tertiary alicyclic amines) is 1. The van der Waals surface area contributed by atoms with E-state index >= 15 is 0 Å². The molecule has 2 unspecified atom stereocenters. The molecule has 0 aliphatic carbocycles. The lowest BCUT2D eigenvalue weighted by Gasteiger charge is -2.28. The third-order valence-electron chi connectivity index (χ3n) is 5.84. The van der Waals surface area contributed by atoms with Crippen molar-refractivity contribution >= 4 is 43.1 Å². The Labute approximate surface area is 171 Å². The van der Waals surface area contributed by atoms with Crippen molar-refractivity contribution in [3.8, 4) is 0 Å². The van der Waals surface area contributed by atoms with Gasteiger partial charge in [-0.2, -0.15) is 0 Å². The maximum atomic E-state index is 12.7. The molecule has 28 heavy (non-hydrogen) atoms. The van der Waals surface area contributed by atoms with E-state index in [4.69, 9.17) is 9.97 Å². The van der Waals surface area contributed by atoms with E-state index in [-0.39, 0.29) is 17.6 Å². The van der Waals surface area contributed by atoms with Crippen LogP contribution in [0, 0.1) is 13.8 Å². The van der Waals surface area contributed by atoms with Crippen LogP contribution >= 0.6 is 22.7 Å². The molecule has 0 radical (unpaired) electrons. The number of nitrogens with one attached hydrogen (secondary N) is 1. The number of thiazole rings is 1. The van der Waals surface area contributed by atoms with E-state index in [1.807, 2.05) is 19.9 Å². The van der Waals surface area contributed by atoms with Crippen LogP contribution in [0.4, 0.5) is 0 Å². The maximum absolute atomic E-state index is 12.7. The Bertz CT molecular complexity index is 1210. The van der Waals surface area contributed by atoms with Crippen LogP contribution in [0.3, 0.4) is 0 Å². The molecule has 144 valence electrons. The van der Waals surface area contributed by atoms with Gasteiger partial charge in [-0.25, -0.2) is 9.97 Å². The molecule has 1 aliphatic heterocycles. The summed E-state index contributed by atoms with van der Waals surface area (Å²) in [5.41, 5.74) is 2.09. The Balaban J connectivity index is 1.52. The number of hydrogen-bond donors (Lipinski definition) is 1. The molecular weight excluding hydrogens is 388 g/mol. The quantitative estimate of drug-likeness (QED) is 0.510. The van der Waals surface area contributed by atoms with E-state index in [0.29, 0.717) is 0 Å². The van der Waals surface area contributed by atoms with Crippen LogP contribution in [-0.4, -0.2) is 26.4 Å². The first-order valence-electron chi connectivity index (χ1n) is 9.64. The van der Waals surface area contributed by atoms with Gasteiger partial charge in [-0.15, -0.1) is 22.7 Å². The minimum Gasteiger partial charge on any atom is -0.309 e. The number of fused-ring (bicyclic) bond motifs is 2. The van der Waals surface area contributed by atoms with Gasteiger partial charge < -0.3 is 4.98 Å². The van der Waals surface area contributed by atoms with Crippen LogP contribution in [0.5, 0.6) is 0 Å². The summed E-state index contributed by atoms with van der Waals surface area (Å²) in [6.45, 7) is 7.18. The molecule has 4 aromatic rings. The molecule has 1 aliphatic rings. The molecule has 1 N–H and O–H groups in total. The fraction of sp³-hybridized carbons (Fsp3) is 0.381. The van der Waals surface area contributed by atoms with Gasteiger partial charge in [-0.3, -0.25) is 9.69 Å². The molecule has 2 atom stereocenters. The van der Waals surface area contributed by atoms with Crippen molar-refractivity contribution < 1.29 is 0 Å². The van der Waals surface area contributed by atoms with Crippen molar-refractivity contribution in [2.45, 2.75) is 45.7 Å². The van der Waals surface area contributed by atoms with Gasteiger partial charge in [-0.05, 0) is 57.9 Å². The molecule has 3 aromatic heterocycles. The largest absolute Gasteiger partial charge is 0.309 e. The maximum Gasteiger partial charge on any atom is 0.259 e. The average Bonchev–Trinajstić information content (AvgIpc) is 3.38. The van der Waals surface area contributed by atoms with Gasteiger partial charge >= 0.3 is 0 Å². The number of aromatic nitrogens is 3. The van der Waals surface area contributed by atoms with E-state index in [2.05, 4.69) is 35.0 Å². The monoisotopic (exact) mass is 410 g/mol. The van der Waals surface area contributed by atoms with Gasteiger partial charge in [0.05, 0.1) is 27.7 Å². The van der Waals surface area contributed by atoms with Gasteiger partial charge in [0, 0.05) is 4.88 Å². The Morgan fingerprint density at radius 3 is 2.86 bits per heavy atom. The van der Waals surface area contributed by atoms with Crippen LogP contribution in [0.15, 0.2) is 29.1 Å². The smallest absolute Gasteiger partial charge is 0.259 e. The SMILES string of the molecule is Cc1sc2nc(C(C)N3CCCC3c3nc4ccccc4s3)[nH]c(=O)c2c1C. The minimum absolute atomic E-state index is 0.0237. The molecule has 1 aromatic carbocycles. The second-order valence-corrected chi connectivity index (χ2v) is 9.77. The van der Waals surface area contributed by atoms with Crippen molar-refractivity contribution in [1.29, 1.82) is 0 Å². The first kappa shape index (κ1) is 18.0. The third kappa shape index (κ3) is 2.80. The molecular formula is C21H22N4OS2. The highest BCUT2D eigenvalue weighted by molar-refractivity contribution is 7.19. The molecule has 5 rings (SSSR count). The number of benzene rings is 1. The Morgan fingerprint density at radius 1 is 1.21 bits per heavy atom. The third-order valence-corrected chi connectivity index (χ3v) is 8.08. The molecule has 0 spiro atoms. The number of nitrogens with zero attached hydrogens (tertiary/aromatic N) is 3. The predicted molar refractivity (Wildman–Crippen MR) is 116 cm³/mol. The first-order chi connectivity index (χ1) is 13.5. The normalized spacial score (nSPS) is 19.0. The second kappa shape index (κ2) is 6.76. The van der Waals surface area contributed by atoms with E-state index in [9.17, 15) is 4.79 Å². The molecule has 0 bridgehead atoms. The fourth-order valence-electron chi connectivity index (χ4n) is 4.18. The number of H-pyrrole nitrogens is 1. The zero-order valence-corrected chi connectivity index (χ0v) is 17.8. The van der Waals surface area contributed by atoms with Crippen LogP contribution in [0.25, 0.3) is 20.4 Å². The summed E-state index contributed by atoms with van der Waals surface area (Å²) >= 11 is 3.39. The summed E-state index contributed by atoms with van der Waals surface area (Å²) in [5, 5.41) is 1.90. The van der Waals surface area contributed by atoms with Gasteiger partial charge in [0.1, 0.15) is 15.7 Å². The van der Waals surface area contributed by atoms with Crippen molar-refractivity contribution in [1.82, 2.24) is 19.9 Å². The fourth-order valence-corrected chi connectivity index (χ4v) is 6.34. The van der Waals surface area contributed by atoms with E-state index in [0.717, 1.165) is 56.4 Å². The van der Waals surface area contributed by atoms with Gasteiger partial charge in [-0.1, -0.05) is 12.1 Å². The van der Waals surface area contributed by atoms with E-state index in [1.165, 1.54) is 4.70 Å². The lowest BCUT2D eigenvalue weighted by atomic mass is 10.2. The van der Waals surface area contributed by atoms with Gasteiger partial charge in [0.25, 0.3) is 5.56 Å². The molecule has 0 saturated carbocycles. The molecule has 5 nitrogen and oxygen atoms in total. The topological polar surface area (TPSA) is 61.9 Å². The van der Waals surface area contributed by atoms with E-state index < -0.39 is 0 Å². The zero-order valence-electron chi connectivity index (χ0n) is 16.2. The summed E-state index contributed by atoms with van der Waals surface area (Å²) < 4.78 is 1.23. The van der Waals surface area contributed by atoms with Crippen molar-refractivity contribution in [3.63, 3.8) is 0 Å². The predicted octanol–water partition coefficient (Wildman–Crippen LogP) is 5.11. The second-order valence-electron chi connectivity index (χ2n) is 7.51. The lowest BCUT2D eigenvalue weighted by Crippen LogP contribution is -2.29. The average molecular weight is 411 g/mol. The van der Waals surface area contributed by atoms with Crippen molar-refractivity contribution in [2.75, 3.05) is 6.54 Å². The molecule has 1 saturated heterocycles. The first-order valence-corrected chi connectivity index (χ1v) is 11.3. The summed E-state index contributed by atoms with van der Waals surface area (Å²) in [4.78, 5) is 29.9. The van der Waals surface area contributed by atoms with Crippen LogP contribution in [-0.2, 0) is 0 Å². The number of rotatable bonds is 3. The van der Waals surface area contributed by atoms with Crippen molar-refractivity contribution in [2.24, 2.45) is 0 Å². The van der Waals surface area contributed by atoms with Gasteiger partial charge in [0.2, 0.25) is 0 Å². The molecule has 7 heteroatoms.